The lowest BCUT2D eigenvalue weighted by Crippen LogP contribution is -2.05. The molecule has 15 heavy (non-hydrogen) atoms. The number of hydrogen-bond acceptors (Lipinski definition) is 2. The van der Waals surface area contributed by atoms with E-state index in [9.17, 15) is 8.78 Å². The van der Waals surface area contributed by atoms with Gasteiger partial charge in [-0.2, -0.15) is 14.0 Å². The average molecular weight is 210 g/mol. The quantitative estimate of drug-likeness (QED) is 0.767. The zero-order valence-electron chi connectivity index (χ0n) is 8.21. The van der Waals surface area contributed by atoms with Gasteiger partial charge >= 0.3 is 6.61 Å². The highest BCUT2D eigenvalue weighted by atomic mass is 19.3. The largest absolute Gasteiger partial charge is 0.433 e. The molecular formula is C11H10F2NO. The minimum atomic E-state index is -2.92. The summed E-state index contributed by atoms with van der Waals surface area (Å²) in [6.45, 7) is 2.60. The molecule has 1 rings (SSSR count). The summed E-state index contributed by atoms with van der Waals surface area (Å²) in [6.07, 6.45) is 0. The van der Waals surface area contributed by atoms with E-state index in [1.54, 1.807) is 19.1 Å². The van der Waals surface area contributed by atoms with Crippen molar-refractivity contribution < 1.29 is 13.5 Å². The van der Waals surface area contributed by atoms with Crippen molar-refractivity contribution in [3.05, 3.63) is 36.2 Å². The Morgan fingerprint density at radius 1 is 1.47 bits per heavy atom. The second kappa shape index (κ2) is 4.74. The van der Waals surface area contributed by atoms with E-state index < -0.39 is 6.61 Å². The molecule has 1 aromatic carbocycles. The maximum atomic E-state index is 12.0. The van der Waals surface area contributed by atoms with Crippen molar-refractivity contribution in [1.29, 1.82) is 5.26 Å². The highest BCUT2D eigenvalue weighted by Crippen LogP contribution is 2.27. The molecule has 0 aromatic heterocycles. The second-order valence-corrected chi connectivity index (χ2v) is 3.11. The first-order chi connectivity index (χ1) is 7.06. The van der Waals surface area contributed by atoms with E-state index in [0.29, 0.717) is 5.56 Å². The molecule has 1 atom stereocenters. The van der Waals surface area contributed by atoms with Gasteiger partial charge in [0.2, 0.25) is 0 Å². The molecule has 0 spiro atoms. The van der Waals surface area contributed by atoms with Crippen LogP contribution in [-0.2, 0) is 0 Å². The zero-order chi connectivity index (χ0) is 11.4. The Kier molecular flexibility index (Phi) is 3.62. The van der Waals surface area contributed by atoms with E-state index in [1.165, 1.54) is 6.07 Å². The van der Waals surface area contributed by atoms with Gasteiger partial charge in [-0.25, -0.2) is 0 Å². The zero-order valence-corrected chi connectivity index (χ0v) is 8.21. The van der Waals surface area contributed by atoms with E-state index in [-0.39, 0.29) is 17.2 Å². The SMILES string of the molecule is [CH2]C(C)c1cccc(OC(F)F)c1C#N. The van der Waals surface area contributed by atoms with Crippen LogP contribution in [-0.4, -0.2) is 6.61 Å². The monoisotopic (exact) mass is 210 g/mol. The van der Waals surface area contributed by atoms with Gasteiger partial charge in [0.15, 0.2) is 0 Å². The van der Waals surface area contributed by atoms with E-state index in [2.05, 4.69) is 11.7 Å². The van der Waals surface area contributed by atoms with Crippen molar-refractivity contribution in [3.63, 3.8) is 0 Å². The van der Waals surface area contributed by atoms with Crippen LogP contribution in [0.15, 0.2) is 18.2 Å². The lowest BCUT2D eigenvalue weighted by atomic mass is 9.97. The molecule has 0 amide bonds. The van der Waals surface area contributed by atoms with Gasteiger partial charge in [-0.3, -0.25) is 0 Å². The van der Waals surface area contributed by atoms with Gasteiger partial charge < -0.3 is 4.74 Å². The molecule has 0 fully saturated rings. The summed E-state index contributed by atoms with van der Waals surface area (Å²) >= 11 is 0. The fourth-order valence-corrected chi connectivity index (χ4v) is 1.27. The number of nitrogens with zero attached hydrogens (tertiary/aromatic N) is 1. The summed E-state index contributed by atoms with van der Waals surface area (Å²) in [5.74, 6) is -0.249. The van der Waals surface area contributed by atoms with Gasteiger partial charge in [-0.15, -0.1) is 0 Å². The molecule has 1 aromatic rings. The molecule has 0 heterocycles. The number of benzene rings is 1. The Morgan fingerprint density at radius 2 is 2.13 bits per heavy atom. The van der Waals surface area contributed by atoms with Gasteiger partial charge in [0, 0.05) is 0 Å². The molecule has 0 aliphatic heterocycles. The second-order valence-electron chi connectivity index (χ2n) is 3.11. The van der Waals surface area contributed by atoms with Crippen LogP contribution in [0.25, 0.3) is 0 Å². The van der Waals surface area contributed by atoms with E-state index >= 15 is 0 Å². The van der Waals surface area contributed by atoms with Crippen molar-refractivity contribution in [2.45, 2.75) is 19.5 Å². The van der Waals surface area contributed by atoms with Gasteiger partial charge in [0.1, 0.15) is 11.8 Å². The Bertz CT molecular complexity index is 383. The minimum Gasteiger partial charge on any atom is -0.433 e. The Hall–Kier alpha value is -1.63. The maximum absolute atomic E-state index is 12.0. The smallest absolute Gasteiger partial charge is 0.387 e. The first-order valence-corrected chi connectivity index (χ1v) is 4.37. The molecule has 0 saturated heterocycles. The molecule has 0 saturated carbocycles. The van der Waals surface area contributed by atoms with Gasteiger partial charge in [-0.1, -0.05) is 19.1 Å². The first-order valence-electron chi connectivity index (χ1n) is 4.37. The maximum Gasteiger partial charge on any atom is 0.387 e. The van der Waals surface area contributed by atoms with Crippen LogP contribution in [0.3, 0.4) is 0 Å². The lowest BCUT2D eigenvalue weighted by Gasteiger charge is -2.12. The molecule has 0 bridgehead atoms. The Balaban J connectivity index is 3.18. The normalized spacial score (nSPS) is 10.5. The molecule has 0 aliphatic carbocycles. The molecule has 1 radical (unpaired) electrons. The number of alkyl halides is 2. The van der Waals surface area contributed by atoms with Crippen LogP contribution in [0.1, 0.15) is 24.0 Å². The van der Waals surface area contributed by atoms with Crippen LogP contribution < -0.4 is 4.74 Å². The summed E-state index contributed by atoms with van der Waals surface area (Å²) < 4.78 is 28.3. The molecular weight excluding hydrogens is 200 g/mol. The molecule has 0 aliphatic rings. The third-order valence-corrected chi connectivity index (χ3v) is 1.92. The summed E-state index contributed by atoms with van der Waals surface area (Å²) in [5, 5.41) is 8.86. The third kappa shape index (κ3) is 2.66. The number of ether oxygens (including phenoxy) is 1. The standard InChI is InChI=1S/C11H10F2NO/c1-7(2)8-4-3-5-10(9(8)6-14)15-11(12)13/h3-5,7,11H,1H2,2H3. The summed E-state index contributed by atoms with van der Waals surface area (Å²) in [6, 6.07) is 6.44. The van der Waals surface area contributed by atoms with E-state index in [0.717, 1.165) is 0 Å². The van der Waals surface area contributed by atoms with Crippen molar-refractivity contribution in [3.8, 4) is 11.8 Å². The third-order valence-electron chi connectivity index (χ3n) is 1.92. The summed E-state index contributed by atoms with van der Waals surface area (Å²) in [7, 11) is 0. The summed E-state index contributed by atoms with van der Waals surface area (Å²) in [5.41, 5.74) is 0.732. The van der Waals surface area contributed by atoms with Crippen LogP contribution in [0, 0.1) is 18.3 Å². The minimum absolute atomic E-state index is 0.0968. The van der Waals surface area contributed by atoms with Gasteiger partial charge in [0.25, 0.3) is 0 Å². The fourth-order valence-electron chi connectivity index (χ4n) is 1.27. The van der Waals surface area contributed by atoms with Crippen LogP contribution in [0.5, 0.6) is 5.75 Å². The Morgan fingerprint density at radius 3 is 2.60 bits per heavy atom. The van der Waals surface area contributed by atoms with Crippen molar-refractivity contribution >= 4 is 0 Å². The predicted molar refractivity (Wildman–Crippen MR) is 51.6 cm³/mol. The van der Waals surface area contributed by atoms with E-state index in [1.807, 2.05) is 6.07 Å². The van der Waals surface area contributed by atoms with Crippen LogP contribution in [0.4, 0.5) is 8.78 Å². The molecule has 4 heteroatoms. The van der Waals surface area contributed by atoms with Crippen molar-refractivity contribution in [2.24, 2.45) is 0 Å². The topological polar surface area (TPSA) is 33.0 Å². The average Bonchev–Trinajstić information content (AvgIpc) is 2.16. The van der Waals surface area contributed by atoms with Crippen LogP contribution in [0.2, 0.25) is 0 Å². The number of nitriles is 1. The van der Waals surface area contributed by atoms with Crippen molar-refractivity contribution in [1.82, 2.24) is 0 Å². The molecule has 2 nitrogen and oxygen atoms in total. The number of rotatable bonds is 3. The molecule has 0 N–H and O–H groups in total. The number of halogens is 2. The van der Waals surface area contributed by atoms with Crippen LogP contribution >= 0.6 is 0 Å². The summed E-state index contributed by atoms with van der Waals surface area (Å²) in [4.78, 5) is 0. The lowest BCUT2D eigenvalue weighted by molar-refractivity contribution is -0.0500. The van der Waals surface area contributed by atoms with Gasteiger partial charge in [0.05, 0.1) is 5.56 Å². The van der Waals surface area contributed by atoms with Crippen molar-refractivity contribution in [2.75, 3.05) is 0 Å². The first kappa shape index (κ1) is 11.4. The highest BCUT2D eigenvalue weighted by molar-refractivity contribution is 5.50. The predicted octanol–water partition coefficient (Wildman–Crippen LogP) is 3.10. The van der Waals surface area contributed by atoms with Gasteiger partial charge in [-0.05, 0) is 24.5 Å². The highest BCUT2D eigenvalue weighted by Gasteiger charge is 2.14. The fraction of sp³-hybridized carbons (Fsp3) is 0.273. The molecule has 79 valence electrons. The Labute approximate surface area is 87.1 Å². The van der Waals surface area contributed by atoms with E-state index in [4.69, 9.17) is 5.26 Å². The number of hydrogen-bond donors (Lipinski definition) is 0. The molecule has 1 unspecified atom stereocenters.